The zero-order valence-electron chi connectivity index (χ0n) is 27.9. The molecule has 0 radical (unpaired) electrons. The van der Waals surface area contributed by atoms with Crippen molar-refractivity contribution < 1.29 is 13.6 Å². The van der Waals surface area contributed by atoms with Crippen molar-refractivity contribution in [3.63, 3.8) is 0 Å². The fraction of sp³-hybridized carbons (Fsp3) is 0. The van der Waals surface area contributed by atoms with Gasteiger partial charge in [0, 0.05) is 10.8 Å². The highest BCUT2D eigenvalue weighted by Gasteiger charge is 2.51. The van der Waals surface area contributed by atoms with Crippen LogP contribution in [0.4, 0.5) is 11.4 Å². The molecule has 0 spiro atoms. The van der Waals surface area contributed by atoms with E-state index in [2.05, 4.69) is 144 Å². The lowest BCUT2D eigenvalue weighted by Gasteiger charge is -2.38. The van der Waals surface area contributed by atoms with Gasteiger partial charge in [-0.05, 0) is 91.8 Å². The second kappa shape index (κ2) is 10.4. The molecule has 52 heavy (non-hydrogen) atoms. The molecule has 8 aromatic carbocycles. The third-order valence-corrected chi connectivity index (χ3v) is 11.2. The molecule has 0 saturated carbocycles. The van der Waals surface area contributed by atoms with Gasteiger partial charge in [-0.25, -0.2) is 0 Å². The molecule has 6 heteroatoms. The molecule has 12 rings (SSSR count). The second-order valence-corrected chi connectivity index (χ2v) is 14.0. The predicted octanol–water partition coefficient (Wildman–Crippen LogP) is 8.52. The van der Waals surface area contributed by atoms with Crippen LogP contribution in [-0.2, 0) is 0 Å². The zero-order valence-corrected chi connectivity index (χ0v) is 27.9. The van der Waals surface area contributed by atoms with Gasteiger partial charge in [0.2, 0.25) is 0 Å². The van der Waals surface area contributed by atoms with Crippen LogP contribution in [0, 0.1) is 0 Å². The maximum absolute atomic E-state index is 7.24. The van der Waals surface area contributed by atoms with Gasteiger partial charge in [0.15, 0.2) is 0 Å². The molecule has 4 heterocycles. The number of para-hydroxylation sites is 5. The summed E-state index contributed by atoms with van der Waals surface area (Å²) < 4.78 is 20.9. The molecule has 0 N–H and O–H groups in total. The molecule has 0 bridgehead atoms. The first-order valence-electron chi connectivity index (χ1n) is 17.8. The first kappa shape index (κ1) is 28.1. The van der Waals surface area contributed by atoms with Gasteiger partial charge in [-0.3, -0.25) is 0 Å². The van der Waals surface area contributed by atoms with E-state index < -0.39 is 0 Å². The first-order valence-corrected chi connectivity index (χ1v) is 17.8. The fourth-order valence-corrected chi connectivity index (χ4v) is 8.96. The molecule has 0 aliphatic carbocycles. The van der Waals surface area contributed by atoms with Gasteiger partial charge in [-0.1, -0.05) is 121 Å². The van der Waals surface area contributed by atoms with Crippen molar-refractivity contribution in [1.82, 2.24) is 0 Å². The number of furan rings is 2. The Labute approximate surface area is 299 Å². The Morgan fingerprint density at radius 2 is 1.02 bits per heavy atom. The van der Waals surface area contributed by atoms with Crippen LogP contribution in [0.15, 0.2) is 173 Å². The molecule has 0 saturated heterocycles. The van der Waals surface area contributed by atoms with Gasteiger partial charge in [0.05, 0.1) is 22.7 Å². The number of nitrogens with zero attached hydrogens (tertiary/aromatic N) is 1. The number of ether oxygens (including phenoxy) is 1. The summed E-state index contributed by atoms with van der Waals surface area (Å²) >= 11 is 0. The summed E-state index contributed by atoms with van der Waals surface area (Å²) in [6.45, 7) is -0.560. The quantitative estimate of drug-likeness (QED) is 0.137. The minimum Gasteiger partial charge on any atom is -0.471 e. The molecule has 0 amide bonds. The number of anilines is 2. The van der Waals surface area contributed by atoms with E-state index >= 15 is 0 Å². The lowest BCUT2D eigenvalue weighted by Crippen LogP contribution is -2.74. The fourth-order valence-electron chi connectivity index (χ4n) is 8.96. The first-order chi connectivity index (χ1) is 25.8. The summed E-state index contributed by atoms with van der Waals surface area (Å²) in [5.74, 6) is 1.62. The van der Waals surface area contributed by atoms with Gasteiger partial charge in [0.25, 0.3) is 6.71 Å². The lowest BCUT2D eigenvalue weighted by atomic mass is 9.28. The Balaban J connectivity index is 1.22. The maximum atomic E-state index is 7.24. The van der Waals surface area contributed by atoms with E-state index in [9.17, 15) is 0 Å². The van der Waals surface area contributed by atoms with Crippen molar-refractivity contribution in [2.24, 2.45) is 0 Å². The molecular weight excluding hydrogens is 636 g/mol. The van der Waals surface area contributed by atoms with E-state index in [-0.39, 0.29) is 13.6 Å². The monoisotopic (exact) mass is 663 g/mol. The number of hydrogen-bond donors (Lipinski definition) is 0. The number of rotatable bonds is 2. The smallest absolute Gasteiger partial charge is 0.373 e. The highest BCUT2D eigenvalue weighted by molar-refractivity contribution is 7.10. The van der Waals surface area contributed by atoms with Crippen LogP contribution in [0.25, 0.3) is 54.3 Å². The van der Waals surface area contributed by atoms with Crippen LogP contribution in [-0.4, -0.2) is 13.6 Å². The average molecular weight is 663 g/mol. The molecule has 0 unspecified atom stereocenters. The minimum atomic E-state index is -0.341. The molecule has 2 aromatic heterocycles. The molecule has 0 fully saturated rings. The molecule has 0 atom stereocenters. The molecule has 4 nitrogen and oxygen atoms in total. The van der Waals surface area contributed by atoms with E-state index in [1.165, 1.54) is 37.8 Å². The summed E-state index contributed by atoms with van der Waals surface area (Å²) in [6, 6.07) is 58.1. The third-order valence-electron chi connectivity index (χ3n) is 11.2. The second-order valence-electron chi connectivity index (χ2n) is 14.0. The largest absolute Gasteiger partial charge is 0.471 e. The number of benzene rings is 8. The SMILES string of the molecule is c1ccc2c(c1)Oc1ccccc1N2B1c2oc3ccc4ccccc4c3c2B(c2ccc3cc4ccccc4cc3c2)c2oc3ccccc3c21. The number of hydrogen-bond acceptors (Lipinski definition) is 4. The van der Waals surface area contributed by atoms with Gasteiger partial charge >= 0.3 is 6.85 Å². The van der Waals surface area contributed by atoms with Crippen molar-refractivity contribution >= 4 is 107 Å². The van der Waals surface area contributed by atoms with E-state index in [1.54, 1.807) is 0 Å². The van der Waals surface area contributed by atoms with E-state index in [0.717, 1.165) is 67.1 Å². The Kier molecular flexibility index (Phi) is 5.64. The molecule has 2 aliphatic heterocycles. The number of fused-ring (bicyclic) bond motifs is 12. The summed E-state index contributed by atoms with van der Waals surface area (Å²) in [7, 11) is 0. The standard InChI is InChI=1S/C46H27B2NO3/c1-2-13-30-26-32-27-33(23-21-31(32)25-29(30)12-1)47-44-42-34-14-4-3-11-28(34)22-24-41(42)52-46(44)48(43-35-15-5-8-18-38(35)51-45(43)47)49-36-16-6-9-19-39(36)50-40-20-10-7-17-37(40)49/h1-27H. The van der Waals surface area contributed by atoms with E-state index in [1.807, 2.05) is 24.3 Å². The van der Waals surface area contributed by atoms with Crippen LogP contribution >= 0.6 is 0 Å². The van der Waals surface area contributed by atoms with Crippen LogP contribution in [0.1, 0.15) is 0 Å². The topological polar surface area (TPSA) is 38.8 Å². The van der Waals surface area contributed by atoms with Crippen molar-refractivity contribution in [2.75, 3.05) is 4.81 Å². The highest BCUT2D eigenvalue weighted by Crippen LogP contribution is 2.47. The van der Waals surface area contributed by atoms with Crippen LogP contribution < -0.4 is 37.3 Å². The van der Waals surface area contributed by atoms with Crippen molar-refractivity contribution in [3.8, 4) is 11.5 Å². The van der Waals surface area contributed by atoms with Crippen molar-refractivity contribution in [2.45, 2.75) is 0 Å². The summed E-state index contributed by atoms with van der Waals surface area (Å²) in [5, 5.41) is 9.43. The van der Waals surface area contributed by atoms with Gasteiger partial charge in [-0.2, -0.15) is 0 Å². The Morgan fingerprint density at radius 3 is 1.81 bits per heavy atom. The van der Waals surface area contributed by atoms with Gasteiger partial charge in [-0.15, -0.1) is 0 Å². The predicted molar refractivity (Wildman–Crippen MR) is 216 cm³/mol. The lowest BCUT2D eigenvalue weighted by molar-refractivity contribution is 0.478. The third kappa shape index (κ3) is 3.84. The van der Waals surface area contributed by atoms with Crippen LogP contribution in [0.3, 0.4) is 0 Å². The van der Waals surface area contributed by atoms with Crippen LogP contribution in [0.2, 0.25) is 0 Å². The Hall–Kier alpha value is -6.65. The van der Waals surface area contributed by atoms with Crippen LogP contribution in [0.5, 0.6) is 11.5 Å². The minimum absolute atomic E-state index is 0.219. The van der Waals surface area contributed by atoms with Gasteiger partial charge in [0.1, 0.15) is 22.7 Å². The highest BCUT2D eigenvalue weighted by atomic mass is 16.5. The zero-order chi connectivity index (χ0) is 33.9. The molecule has 240 valence electrons. The molecule has 10 aromatic rings. The van der Waals surface area contributed by atoms with Crippen molar-refractivity contribution in [1.29, 1.82) is 0 Å². The summed E-state index contributed by atoms with van der Waals surface area (Å²) in [5.41, 5.74) is 8.98. The Morgan fingerprint density at radius 1 is 0.423 bits per heavy atom. The van der Waals surface area contributed by atoms with E-state index in [0.29, 0.717) is 0 Å². The van der Waals surface area contributed by atoms with E-state index in [4.69, 9.17) is 13.6 Å². The molecule has 2 aliphatic rings. The van der Waals surface area contributed by atoms with Crippen molar-refractivity contribution in [3.05, 3.63) is 164 Å². The normalized spacial score (nSPS) is 13.4. The molecular formula is C46H27B2NO3. The summed E-state index contributed by atoms with van der Waals surface area (Å²) in [4.78, 5) is 2.40. The Bertz CT molecular complexity index is 3060. The van der Waals surface area contributed by atoms with Gasteiger partial charge < -0.3 is 18.4 Å². The average Bonchev–Trinajstić information content (AvgIpc) is 3.78. The summed E-state index contributed by atoms with van der Waals surface area (Å²) in [6.07, 6.45) is 0. The maximum Gasteiger partial charge on any atom is 0.373 e.